The van der Waals surface area contributed by atoms with Crippen molar-refractivity contribution < 1.29 is 14.3 Å². The van der Waals surface area contributed by atoms with Crippen molar-refractivity contribution in [2.45, 2.75) is 13.5 Å². The van der Waals surface area contributed by atoms with Crippen LogP contribution < -0.4 is 15.4 Å². The molecule has 7 nitrogen and oxygen atoms in total. The molecule has 0 aliphatic rings. The lowest BCUT2D eigenvalue weighted by Crippen LogP contribution is -2.28. The third-order valence-corrected chi connectivity index (χ3v) is 3.31. The van der Waals surface area contributed by atoms with E-state index in [9.17, 15) is 4.79 Å². The quantitative estimate of drug-likeness (QED) is 0.718. The number of carbonyl (C=O) groups excluding carboxylic acids is 1. The standard InChI is InChI=1S/C17H22N4O3/c1-12-20-14(17(22)18-8-9-23-2)10-16(21-12)19-11-13-6-4-5-7-15(13)24-3/h4-7,10H,8-9,11H2,1-3H3,(H,18,22)(H,19,20,21). The van der Waals surface area contributed by atoms with Crippen LogP contribution >= 0.6 is 0 Å². The number of para-hydroxylation sites is 1. The van der Waals surface area contributed by atoms with Crippen molar-refractivity contribution in [3.63, 3.8) is 0 Å². The van der Waals surface area contributed by atoms with Crippen LogP contribution in [-0.2, 0) is 11.3 Å². The van der Waals surface area contributed by atoms with Crippen molar-refractivity contribution in [3.8, 4) is 5.75 Å². The van der Waals surface area contributed by atoms with Crippen LogP contribution in [0.15, 0.2) is 30.3 Å². The largest absolute Gasteiger partial charge is 0.496 e. The maximum absolute atomic E-state index is 12.1. The molecule has 2 rings (SSSR count). The highest BCUT2D eigenvalue weighted by Gasteiger charge is 2.10. The second-order valence-corrected chi connectivity index (χ2v) is 5.10. The van der Waals surface area contributed by atoms with E-state index >= 15 is 0 Å². The number of benzene rings is 1. The fraction of sp³-hybridized carbons (Fsp3) is 0.353. The van der Waals surface area contributed by atoms with Crippen molar-refractivity contribution in [2.24, 2.45) is 0 Å². The van der Waals surface area contributed by atoms with Gasteiger partial charge < -0.3 is 20.1 Å². The van der Waals surface area contributed by atoms with Crippen LogP contribution in [0.5, 0.6) is 5.75 Å². The molecule has 1 amide bonds. The number of carbonyl (C=O) groups is 1. The van der Waals surface area contributed by atoms with Gasteiger partial charge >= 0.3 is 0 Å². The Morgan fingerprint density at radius 3 is 2.75 bits per heavy atom. The summed E-state index contributed by atoms with van der Waals surface area (Å²) in [7, 11) is 3.22. The van der Waals surface area contributed by atoms with Gasteiger partial charge in [-0.05, 0) is 13.0 Å². The summed E-state index contributed by atoms with van der Waals surface area (Å²) in [6, 6.07) is 9.36. The van der Waals surface area contributed by atoms with E-state index < -0.39 is 0 Å². The molecule has 0 aliphatic carbocycles. The molecule has 0 atom stereocenters. The molecule has 0 saturated heterocycles. The summed E-state index contributed by atoms with van der Waals surface area (Å²) in [4.78, 5) is 20.6. The zero-order chi connectivity index (χ0) is 17.4. The number of aryl methyl sites for hydroxylation is 1. The first-order valence-electron chi connectivity index (χ1n) is 7.62. The van der Waals surface area contributed by atoms with Gasteiger partial charge in [0.2, 0.25) is 0 Å². The first-order valence-corrected chi connectivity index (χ1v) is 7.62. The number of ether oxygens (including phenoxy) is 2. The van der Waals surface area contributed by atoms with Gasteiger partial charge in [0.25, 0.3) is 5.91 Å². The molecule has 2 N–H and O–H groups in total. The Morgan fingerprint density at radius 2 is 2.00 bits per heavy atom. The van der Waals surface area contributed by atoms with Crippen molar-refractivity contribution >= 4 is 11.7 Å². The fourth-order valence-electron chi connectivity index (χ4n) is 2.17. The Morgan fingerprint density at radius 1 is 1.21 bits per heavy atom. The second kappa shape index (κ2) is 8.83. The summed E-state index contributed by atoms with van der Waals surface area (Å²) in [6.45, 7) is 3.17. The Labute approximate surface area is 141 Å². The molecule has 2 aromatic rings. The average Bonchev–Trinajstić information content (AvgIpc) is 2.59. The van der Waals surface area contributed by atoms with Gasteiger partial charge in [0.15, 0.2) is 0 Å². The lowest BCUT2D eigenvalue weighted by molar-refractivity contribution is 0.0931. The molecular weight excluding hydrogens is 308 g/mol. The van der Waals surface area contributed by atoms with Crippen molar-refractivity contribution in [3.05, 3.63) is 47.4 Å². The summed E-state index contributed by atoms with van der Waals surface area (Å²) >= 11 is 0. The Hall–Kier alpha value is -2.67. The van der Waals surface area contributed by atoms with Crippen LogP contribution in [0, 0.1) is 6.92 Å². The van der Waals surface area contributed by atoms with E-state index in [1.807, 2.05) is 24.3 Å². The van der Waals surface area contributed by atoms with E-state index in [1.165, 1.54) is 0 Å². The SMILES string of the molecule is COCCNC(=O)c1cc(NCc2ccccc2OC)nc(C)n1. The highest BCUT2D eigenvalue weighted by atomic mass is 16.5. The van der Waals surface area contributed by atoms with Gasteiger partial charge in [-0.1, -0.05) is 18.2 Å². The summed E-state index contributed by atoms with van der Waals surface area (Å²) in [5.74, 6) is 1.66. The minimum atomic E-state index is -0.252. The van der Waals surface area contributed by atoms with Gasteiger partial charge in [-0.3, -0.25) is 4.79 Å². The molecule has 0 bridgehead atoms. The van der Waals surface area contributed by atoms with Crippen LogP contribution in [-0.4, -0.2) is 43.2 Å². The van der Waals surface area contributed by atoms with Gasteiger partial charge in [0.05, 0.1) is 13.7 Å². The zero-order valence-corrected chi connectivity index (χ0v) is 14.1. The smallest absolute Gasteiger partial charge is 0.270 e. The number of amides is 1. The molecule has 7 heteroatoms. The lowest BCUT2D eigenvalue weighted by atomic mass is 10.2. The topological polar surface area (TPSA) is 85.4 Å². The van der Waals surface area contributed by atoms with Gasteiger partial charge in [-0.25, -0.2) is 9.97 Å². The van der Waals surface area contributed by atoms with Crippen molar-refractivity contribution in [2.75, 3.05) is 32.7 Å². The van der Waals surface area contributed by atoms with E-state index in [2.05, 4.69) is 20.6 Å². The monoisotopic (exact) mass is 330 g/mol. The fourth-order valence-corrected chi connectivity index (χ4v) is 2.17. The third kappa shape index (κ3) is 4.92. The summed E-state index contributed by atoms with van der Waals surface area (Å²) in [6.07, 6.45) is 0. The average molecular weight is 330 g/mol. The third-order valence-electron chi connectivity index (χ3n) is 3.31. The van der Waals surface area contributed by atoms with E-state index in [-0.39, 0.29) is 5.91 Å². The van der Waals surface area contributed by atoms with Gasteiger partial charge in [0.1, 0.15) is 23.1 Å². The van der Waals surface area contributed by atoms with Crippen molar-refractivity contribution in [1.29, 1.82) is 0 Å². The normalized spacial score (nSPS) is 10.3. The maximum Gasteiger partial charge on any atom is 0.270 e. The highest BCUT2D eigenvalue weighted by molar-refractivity contribution is 5.92. The van der Waals surface area contributed by atoms with Gasteiger partial charge in [-0.15, -0.1) is 0 Å². The number of nitrogens with zero attached hydrogens (tertiary/aromatic N) is 2. The predicted molar refractivity (Wildman–Crippen MR) is 91.3 cm³/mol. The molecule has 0 fully saturated rings. The lowest BCUT2D eigenvalue weighted by Gasteiger charge is -2.11. The first-order chi connectivity index (χ1) is 11.6. The number of methoxy groups -OCH3 is 2. The van der Waals surface area contributed by atoms with Crippen LogP contribution in [0.25, 0.3) is 0 Å². The van der Waals surface area contributed by atoms with Crippen LogP contribution in [0.2, 0.25) is 0 Å². The Bertz CT molecular complexity index is 691. The highest BCUT2D eigenvalue weighted by Crippen LogP contribution is 2.18. The van der Waals surface area contributed by atoms with E-state index in [1.54, 1.807) is 27.2 Å². The molecule has 1 aromatic carbocycles. The first kappa shape index (κ1) is 17.7. The van der Waals surface area contributed by atoms with Crippen molar-refractivity contribution in [1.82, 2.24) is 15.3 Å². The number of nitrogens with one attached hydrogen (secondary N) is 2. The Balaban J connectivity index is 2.06. The minimum Gasteiger partial charge on any atom is -0.496 e. The number of rotatable bonds is 8. The Kier molecular flexibility index (Phi) is 6.51. The predicted octanol–water partition coefficient (Wildman–Crippen LogP) is 1.78. The molecule has 1 aromatic heterocycles. The molecule has 0 unspecified atom stereocenters. The molecular formula is C17H22N4O3. The minimum absolute atomic E-state index is 0.252. The summed E-state index contributed by atoms with van der Waals surface area (Å²) in [5, 5.41) is 5.95. The molecule has 0 saturated carbocycles. The molecule has 24 heavy (non-hydrogen) atoms. The molecule has 0 radical (unpaired) electrons. The number of hydrogen-bond acceptors (Lipinski definition) is 6. The van der Waals surface area contributed by atoms with Crippen LogP contribution in [0.4, 0.5) is 5.82 Å². The molecule has 0 spiro atoms. The van der Waals surface area contributed by atoms with E-state index in [0.29, 0.717) is 37.0 Å². The van der Waals surface area contributed by atoms with Gasteiger partial charge in [0, 0.05) is 31.8 Å². The van der Waals surface area contributed by atoms with Crippen LogP contribution in [0.1, 0.15) is 21.9 Å². The number of anilines is 1. The zero-order valence-electron chi connectivity index (χ0n) is 14.1. The second-order valence-electron chi connectivity index (χ2n) is 5.10. The number of hydrogen-bond donors (Lipinski definition) is 2. The maximum atomic E-state index is 12.1. The molecule has 1 heterocycles. The summed E-state index contributed by atoms with van der Waals surface area (Å²) < 4.78 is 10.2. The number of aromatic nitrogens is 2. The van der Waals surface area contributed by atoms with Crippen LogP contribution in [0.3, 0.4) is 0 Å². The van der Waals surface area contributed by atoms with E-state index in [0.717, 1.165) is 11.3 Å². The van der Waals surface area contributed by atoms with E-state index in [4.69, 9.17) is 9.47 Å². The molecule has 0 aliphatic heterocycles. The molecule has 128 valence electrons. The summed E-state index contributed by atoms with van der Waals surface area (Å²) in [5.41, 5.74) is 1.32. The van der Waals surface area contributed by atoms with Gasteiger partial charge in [-0.2, -0.15) is 0 Å².